The van der Waals surface area contributed by atoms with Gasteiger partial charge in [0.25, 0.3) is 0 Å². The quantitative estimate of drug-likeness (QED) is 0.371. The number of aromatic nitrogens is 1. The molecule has 2 aromatic heterocycles. The number of thiophene rings is 1. The van der Waals surface area contributed by atoms with Gasteiger partial charge in [-0.25, -0.2) is 5.41 Å². The molecule has 4 nitrogen and oxygen atoms in total. The highest BCUT2D eigenvalue weighted by Gasteiger charge is 2.28. The van der Waals surface area contributed by atoms with Crippen LogP contribution in [0.1, 0.15) is 29.7 Å². The lowest BCUT2D eigenvalue weighted by Crippen LogP contribution is -2.82. The summed E-state index contributed by atoms with van der Waals surface area (Å²) in [5.41, 5.74) is 5.08. The molecule has 0 amide bonds. The number of nitrogens with zero attached hydrogens (tertiary/aromatic N) is 1. The normalized spacial score (nSPS) is 20.3. The zero-order valence-electron chi connectivity index (χ0n) is 14.7. The number of hydrogen-bond donors (Lipinski definition) is 3. The Hall–Kier alpha value is -2.21. The van der Waals surface area contributed by atoms with Gasteiger partial charge in [-0.2, -0.15) is 0 Å². The molecule has 5 rings (SSSR count). The van der Waals surface area contributed by atoms with Crippen LogP contribution in [0.15, 0.2) is 48.0 Å². The number of rotatable bonds is 3. The van der Waals surface area contributed by atoms with Gasteiger partial charge in [0, 0.05) is 47.4 Å². The van der Waals surface area contributed by atoms with Crippen LogP contribution in [0.3, 0.4) is 0 Å². The van der Waals surface area contributed by atoms with Crippen LogP contribution in [0.25, 0.3) is 16.5 Å². The molecule has 0 radical (unpaired) electrons. The Morgan fingerprint density at radius 1 is 1.31 bits per heavy atom. The standard InChI is InChI=1S/C21H22N4S/c22-21(20-4-2-10-26-20)24-15-5-6-19-17(12-15)18(13-23-19)14-7-9-25-8-1-3-16(25)11-14/h2,4-7,10,12-13,16,23H,1,3,8-9,11H2,(H2,22,24)/p+1. The fraction of sp³-hybridized carbons (Fsp3) is 0.286. The fourth-order valence-corrected chi connectivity index (χ4v) is 4.96. The Labute approximate surface area is 157 Å². The first-order chi connectivity index (χ1) is 12.8. The van der Waals surface area contributed by atoms with Crippen molar-refractivity contribution < 1.29 is 5.32 Å². The monoisotopic (exact) mass is 363 g/mol. The third kappa shape index (κ3) is 2.82. The number of nitrogens with one attached hydrogen (secondary N) is 2. The maximum atomic E-state index is 8.32. The van der Waals surface area contributed by atoms with Crippen molar-refractivity contribution in [3.8, 4) is 0 Å². The van der Waals surface area contributed by atoms with E-state index < -0.39 is 0 Å². The number of fused-ring (bicyclic) bond motifs is 2. The number of nitrogen functional groups attached to an aromatic ring is 1. The van der Waals surface area contributed by atoms with Crippen molar-refractivity contribution in [1.82, 2.24) is 9.88 Å². The Bertz CT molecular complexity index is 983. The predicted octanol–water partition coefficient (Wildman–Crippen LogP) is 3.70. The topological polar surface area (TPSA) is 59.5 Å². The van der Waals surface area contributed by atoms with Crippen LogP contribution in [0.5, 0.6) is 0 Å². The highest BCUT2D eigenvalue weighted by atomic mass is 32.1. The first-order valence-electron chi connectivity index (χ1n) is 9.30. The van der Waals surface area contributed by atoms with E-state index in [1.807, 2.05) is 22.8 Å². The van der Waals surface area contributed by atoms with Gasteiger partial charge in [-0.15, -0.1) is 11.3 Å². The number of nitrogens with two attached hydrogens (primary N) is 1. The van der Waals surface area contributed by atoms with Crippen LogP contribution in [-0.2, 0) is 0 Å². The summed E-state index contributed by atoms with van der Waals surface area (Å²) in [4.78, 5) is 7.05. The van der Waals surface area contributed by atoms with E-state index in [-0.39, 0.29) is 0 Å². The van der Waals surface area contributed by atoms with Gasteiger partial charge in [-0.1, -0.05) is 12.1 Å². The summed E-state index contributed by atoms with van der Waals surface area (Å²) < 4.78 is 0. The molecule has 1 fully saturated rings. The zero-order valence-corrected chi connectivity index (χ0v) is 15.5. The van der Waals surface area contributed by atoms with Gasteiger partial charge in [0.05, 0.1) is 0 Å². The van der Waals surface area contributed by atoms with E-state index in [4.69, 9.17) is 5.41 Å². The van der Waals surface area contributed by atoms with Crippen molar-refractivity contribution in [3.05, 3.63) is 58.4 Å². The minimum Gasteiger partial charge on any atom is -0.361 e. The average molecular weight is 364 g/mol. The van der Waals surface area contributed by atoms with E-state index in [0.29, 0.717) is 5.84 Å². The highest BCUT2D eigenvalue weighted by Crippen LogP contribution is 2.35. The summed E-state index contributed by atoms with van der Waals surface area (Å²) >= 11 is 1.61. The molecule has 26 heavy (non-hydrogen) atoms. The summed E-state index contributed by atoms with van der Waals surface area (Å²) in [6.45, 7) is 2.34. The number of benzene rings is 1. The van der Waals surface area contributed by atoms with Crippen LogP contribution in [0, 0.1) is 5.41 Å². The van der Waals surface area contributed by atoms with E-state index >= 15 is 0 Å². The second-order valence-electron chi connectivity index (χ2n) is 7.27. The molecule has 1 aromatic carbocycles. The zero-order chi connectivity index (χ0) is 17.5. The molecule has 4 heterocycles. The lowest BCUT2D eigenvalue weighted by molar-refractivity contribution is -0.443. The van der Waals surface area contributed by atoms with Crippen molar-refractivity contribution in [2.45, 2.75) is 25.3 Å². The van der Waals surface area contributed by atoms with E-state index in [0.717, 1.165) is 29.6 Å². The summed E-state index contributed by atoms with van der Waals surface area (Å²) in [7, 11) is 0. The maximum Gasteiger partial charge on any atom is 0.239 e. The third-order valence-corrected chi connectivity index (χ3v) is 6.58. The average Bonchev–Trinajstić information content (AvgIpc) is 3.40. The maximum absolute atomic E-state index is 8.32. The van der Waals surface area contributed by atoms with E-state index in [1.54, 1.807) is 11.3 Å². The molecule has 0 saturated carbocycles. The summed E-state index contributed by atoms with van der Waals surface area (Å²) in [6, 6.07) is 11.2. The van der Waals surface area contributed by atoms with Crippen molar-refractivity contribution in [3.63, 3.8) is 0 Å². The number of quaternary nitrogens is 1. The van der Waals surface area contributed by atoms with E-state index in [9.17, 15) is 0 Å². The van der Waals surface area contributed by atoms with Gasteiger partial charge in [-0.05, 0) is 48.9 Å². The second kappa shape index (κ2) is 6.50. The van der Waals surface area contributed by atoms with Crippen LogP contribution in [-0.4, -0.2) is 34.9 Å². The van der Waals surface area contributed by atoms with Gasteiger partial charge in [-0.3, -0.25) is 10.2 Å². The van der Waals surface area contributed by atoms with Crippen molar-refractivity contribution in [2.24, 2.45) is 0 Å². The Morgan fingerprint density at radius 3 is 3.15 bits per heavy atom. The summed E-state index contributed by atoms with van der Waals surface area (Å²) in [5, 5.41) is 13.6. The van der Waals surface area contributed by atoms with Crippen LogP contribution >= 0.6 is 11.3 Å². The van der Waals surface area contributed by atoms with Crippen molar-refractivity contribution in [1.29, 1.82) is 5.41 Å². The fourth-order valence-electron chi connectivity index (χ4n) is 4.31. The molecule has 132 valence electrons. The van der Waals surface area contributed by atoms with Gasteiger partial charge >= 0.3 is 0 Å². The summed E-state index contributed by atoms with van der Waals surface area (Å²) in [5.74, 6) is 0.579. The molecule has 4 N–H and O–H groups in total. The van der Waals surface area contributed by atoms with Crippen LogP contribution in [0.4, 0.5) is 5.69 Å². The number of aromatic amines is 1. The lowest BCUT2D eigenvalue weighted by atomic mass is 9.94. The molecule has 1 saturated heterocycles. The van der Waals surface area contributed by atoms with E-state index in [2.05, 4.69) is 40.4 Å². The number of hydrogen-bond acceptors (Lipinski definition) is 3. The molecular weight excluding hydrogens is 340 g/mol. The SMILES string of the molecule is N=C([NH2+]c1ccc2[nH]cc(C3=CCN4CCCC4C3)c2c1)c1cccs1. The van der Waals surface area contributed by atoms with Crippen LogP contribution < -0.4 is 5.32 Å². The Kier molecular flexibility index (Phi) is 4.00. The molecule has 1 unspecified atom stereocenters. The molecule has 0 spiro atoms. The van der Waals surface area contributed by atoms with Gasteiger partial charge in [0.1, 0.15) is 10.6 Å². The molecule has 3 aromatic rings. The van der Waals surface area contributed by atoms with Crippen LogP contribution in [0.2, 0.25) is 0 Å². The molecule has 0 aliphatic carbocycles. The molecule has 5 heteroatoms. The lowest BCUT2D eigenvalue weighted by Gasteiger charge is -2.29. The smallest absolute Gasteiger partial charge is 0.239 e. The number of H-pyrrole nitrogens is 1. The van der Waals surface area contributed by atoms with E-state index in [1.165, 1.54) is 41.4 Å². The second-order valence-corrected chi connectivity index (χ2v) is 8.21. The predicted molar refractivity (Wildman–Crippen MR) is 108 cm³/mol. The molecule has 2 aliphatic heterocycles. The number of amidine groups is 1. The molecular formula is C21H23N4S+. The largest absolute Gasteiger partial charge is 0.361 e. The highest BCUT2D eigenvalue weighted by molar-refractivity contribution is 7.11. The minimum absolute atomic E-state index is 0.579. The first-order valence-corrected chi connectivity index (χ1v) is 10.2. The molecule has 2 aliphatic rings. The molecule has 0 bridgehead atoms. The van der Waals surface area contributed by atoms with Gasteiger partial charge < -0.3 is 4.98 Å². The Morgan fingerprint density at radius 2 is 2.27 bits per heavy atom. The van der Waals surface area contributed by atoms with Gasteiger partial charge in [0.15, 0.2) is 0 Å². The Balaban J connectivity index is 1.45. The minimum atomic E-state index is 0.579. The van der Waals surface area contributed by atoms with Gasteiger partial charge in [0.2, 0.25) is 5.84 Å². The van der Waals surface area contributed by atoms with Crippen molar-refractivity contribution in [2.75, 3.05) is 13.1 Å². The first kappa shape index (κ1) is 16.0. The third-order valence-electron chi connectivity index (χ3n) is 5.68. The molecule has 1 atom stereocenters. The summed E-state index contributed by atoms with van der Waals surface area (Å²) in [6.07, 6.45) is 8.40. The van der Waals surface area contributed by atoms with Crippen molar-refractivity contribution >= 4 is 39.3 Å².